The molecule has 2 N–H and O–H groups in total. The highest BCUT2D eigenvalue weighted by Gasteiger charge is 2.18. The predicted octanol–water partition coefficient (Wildman–Crippen LogP) is 3.38. The van der Waals surface area contributed by atoms with E-state index in [-0.39, 0.29) is 5.56 Å². The van der Waals surface area contributed by atoms with Gasteiger partial charge in [0.1, 0.15) is 12.4 Å². The van der Waals surface area contributed by atoms with Gasteiger partial charge in [-0.05, 0) is 61.9 Å². The van der Waals surface area contributed by atoms with Crippen molar-refractivity contribution in [1.82, 2.24) is 9.99 Å². The fraction of sp³-hybridized carbons (Fsp3) is 0.208. The van der Waals surface area contributed by atoms with Gasteiger partial charge in [0.2, 0.25) is 0 Å². The van der Waals surface area contributed by atoms with E-state index in [0.717, 1.165) is 34.9 Å². The molecule has 164 valence electrons. The van der Waals surface area contributed by atoms with Crippen molar-refractivity contribution in [2.45, 2.75) is 13.8 Å². The number of aromatic nitrogens is 1. The molecule has 3 aromatic rings. The van der Waals surface area contributed by atoms with Gasteiger partial charge in [-0.25, -0.2) is 10.2 Å². The molecule has 0 unspecified atom stereocenters. The quantitative estimate of drug-likeness (QED) is 0.476. The number of hydrazone groups is 1. The minimum Gasteiger partial charge on any atom is -0.490 e. The molecular weight excluding hydrogens is 408 g/mol. The van der Waals surface area contributed by atoms with Crippen LogP contribution < -0.4 is 15.1 Å². The number of fused-ring (bicyclic) bond motifs is 1. The molecule has 4 rings (SSSR count). The normalized spacial score (nSPS) is 13.0. The van der Waals surface area contributed by atoms with Gasteiger partial charge in [0.15, 0.2) is 0 Å². The van der Waals surface area contributed by atoms with E-state index in [1.807, 2.05) is 55.8 Å². The zero-order valence-electron chi connectivity index (χ0n) is 18.1. The zero-order chi connectivity index (χ0) is 22.8. The van der Waals surface area contributed by atoms with E-state index in [1.165, 1.54) is 12.1 Å². The molecule has 0 fully saturated rings. The van der Waals surface area contributed by atoms with Crippen molar-refractivity contribution in [2.24, 2.45) is 5.10 Å². The lowest BCUT2D eigenvalue weighted by Gasteiger charge is -2.27. The van der Waals surface area contributed by atoms with Gasteiger partial charge in [0.05, 0.1) is 29.7 Å². The van der Waals surface area contributed by atoms with Gasteiger partial charge < -0.3 is 19.3 Å². The molecule has 1 aliphatic heterocycles. The molecule has 0 atom stereocenters. The highest BCUT2D eigenvalue weighted by molar-refractivity contribution is 5.98. The van der Waals surface area contributed by atoms with Crippen LogP contribution in [0.25, 0.3) is 5.69 Å². The number of amides is 1. The van der Waals surface area contributed by atoms with Crippen LogP contribution in [-0.4, -0.2) is 48.0 Å². The topological polar surface area (TPSA) is 96.2 Å². The average Bonchev–Trinajstić information content (AvgIpc) is 3.11. The first-order valence-electron chi connectivity index (χ1n) is 10.2. The highest BCUT2D eigenvalue weighted by Crippen LogP contribution is 2.31. The molecule has 0 bridgehead atoms. The lowest BCUT2D eigenvalue weighted by atomic mass is 10.1. The molecule has 8 heteroatoms. The van der Waals surface area contributed by atoms with Crippen LogP contribution in [0.2, 0.25) is 0 Å². The zero-order valence-corrected chi connectivity index (χ0v) is 18.1. The van der Waals surface area contributed by atoms with Crippen molar-refractivity contribution in [3.05, 3.63) is 76.6 Å². The number of carboxylic acids is 1. The molecule has 2 aromatic carbocycles. The highest BCUT2D eigenvalue weighted by atomic mass is 16.5. The number of carboxylic acid groups (broad SMARTS) is 1. The second-order valence-electron chi connectivity index (χ2n) is 7.68. The smallest absolute Gasteiger partial charge is 0.337 e. The number of nitrogens with one attached hydrogen (secondary N) is 1. The maximum Gasteiger partial charge on any atom is 0.337 e. The fourth-order valence-corrected chi connectivity index (χ4v) is 3.77. The van der Waals surface area contributed by atoms with Gasteiger partial charge in [-0.3, -0.25) is 4.79 Å². The van der Waals surface area contributed by atoms with E-state index >= 15 is 0 Å². The maximum absolute atomic E-state index is 12.7. The molecule has 8 nitrogen and oxygen atoms in total. The van der Waals surface area contributed by atoms with Crippen LogP contribution >= 0.6 is 0 Å². The van der Waals surface area contributed by atoms with Gasteiger partial charge in [-0.15, -0.1) is 0 Å². The van der Waals surface area contributed by atoms with Crippen LogP contribution in [0.3, 0.4) is 0 Å². The Kier molecular flexibility index (Phi) is 5.68. The van der Waals surface area contributed by atoms with Gasteiger partial charge in [0.25, 0.3) is 5.91 Å². The number of aromatic carboxylic acids is 1. The van der Waals surface area contributed by atoms with E-state index in [1.54, 1.807) is 12.3 Å². The molecule has 0 radical (unpaired) electrons. The van der Waals surface area contributed by atoms with Crippen LogP contribution in [0.1, 0.15) is 37.7 Å². The summed E-state index contributed by atoms with van der Waals surface area (Å²) in [6.07, 6.45) is 1.54. The minimum atomic E-state index is -1.06. The number of hydrogen-bond acceptors (Lipinski definition) is 5. The number of ether oxygens (including phenoxy) is 1. The van der Waals surface area contributed by atoms with Gasteiger partial charge in [0, 0.05) is 24.0 Å². The lowest BCUT2D eigenvalue weighted by molar-refractivity contribution is 0.0696. The van der Waals surface area contributed by atoms with Crippen LogP contribution in [-0.2, 0) is 0 Å². The van der Waals surface area contributed by atoms with E-state index in [0.29, 0.717) is 17.9 Å². The summed E-state index contributed by atoms with van der Waals surface area (Å²) < 4.78 is 7.50. The lowest BCUT2D eigenvalue weighted by Crippen LogP contribution is -2.28. The van der Waals surface area contributed by atoms with Gasteiger partial charge in [-0.1, -0.05) is 6.07 Å². The molecule has 0 saturated heterocycles. The number of carbonyl (C=O) groups is 2. The SMILES string of the molecule is Cc1ccc(C)n1-c1cc(C(=O)NN=Cc2ccc3c(c2)OCCN3C)ccc1C(=O)O. The van der Waals surface area contributed by atoms with Crippen LogP contribution in [0, 0.1) is 13.8 Å². The largest absolute Gasteiger partial charge is 0.490 e. The van der Waals surface area contributed by atoms with Crippen molar-refractivity contribution in [3.8, 4) is 11.4 Å². The summed E-state index contributed by atoms with van der Waals surface area (Å²) in [6.45, 7) is 5.22. The number of carbonyl (C=O) groups excluding carboxylic acids is 1. The van der Waals surface area contributed by atoms with E-state index in [4.69, 9.17) is 4.74 Å². The molecular formula is C24H24N4O4. The van der Waals surface area contributed by atoms with E-state index < -0.39 is 11.9 Å². The molecule has 0 spiro atoms. The third kappa shape index (κ3) is 4.07. The minimum absolute atomic E-state index is 0.117. The van der Waals surface area contributed by atoms with Crippen molar-refractivity contribution in [2.75, 3.05) is 25.1 Å². The number of likely N-dealkylation sites (N-methyl/N-ethyl adjacent to an activating group) is 1. The molecule has 0 aliphatic carbocycles. The standard InChI is InChI=1S/C24H24N4O4/c1-15-4-5-16(2)28(15)21-13-18(7-8-19(21)24(30)31)23(29)26-25-14-17-6-9-20-22(12-17)32-11-10-27(20)3/h4-9,12-14H,10-11H2,1-3H3,(H,26,29)(H,30,31). The Balaban J connectivity index is 1.55. The molecule has 2 heterocycles. The summed E-state index contributed by atoms with van der Waals surface area (Å²) in [7, 11) is 2.01. The second-order valence-corrected chi connectivity index (χ2v) is 7.68. The summed E-state index contributed by atoms with van der Waals surface area (Å²) >= 11 is 0. The summed E-state index contributed by atoms with van der Waals surface area (Å²) in [6, 6.07) is 14.0. The van der Waals surface area contributed by atoms with Gasteiger partial charge in [-0.2, -0.15) is 5.10 Å². The predicted molar refractivity (Wildman–Crippen MR) is 122 cm³/mol. The molecule has 0 saturated carbocycles. The Labute approximate surface area is 185 Å². The maximum atomic E-state index is 12.7. The fourth-order valence-electron chi connectivity index (χ4n) is 3.77. The second kappa shape index (κ2) is 8.58. The average molecular weight is 432 g/mol. The Morgan fingerprint density at radius 1 is 1.06 bits per heavy atom. The Morgan fingerprint density at radius 2 is 1.81 bits per heavy atom. The van der Waals surface area contributed by atoms with Crippen molar-refractivity contribution in [1.29, 1.82) is 0 Å². The van der Waals surface area contributed by atoms with Crippen LogP contribution in [0.4, 0.5) is 5.69 Å². The first-order chi connectivity index (χ1) is 15.3. The first kappa shape index (κ1) is 21.2. The number of anilines is 1. The summed E-state index contributed by atoms with van der Waals surface area (Å²) in [5, 5.41) is 13.6. The number of benzene rings is 2. The van der Waals surface area contributed by atoms with E-state index in [9.17, 15) is 14.7 Å². The summed E-state index contributed by atoms with van der Waals surface area (Å²) in [5.41, 5.74) is 6.93. The third-order valence-electron chi connectivity index (χ3n) is 5.46. The molecule has 1 aromatic heterocycles. The van der Waals surface area contributed by atoms with Crippen LogP contribution in [0.15, 0.2) is 53.6 Å². The Hall–Kier alpha value is -4.07. The molecule has 1 aliphatic rings. The van der Waals surface area contributed by atoms with Gasteiger partial charge >= 0.3 is 5.97 Å². The monoisotopic (exact) mass is 432 g/mol. The van der Waals surface area contributed by atoms with E-state index in [2.05, 4.69) is 15.4 Å². The number of hydrogen-bond donors (Lipinski definition) is 2. The summed E-state index contributed by atoms with van der Waals surface area (Å²) in [4.78, 5) is 26.5. The molecule has 1 amide bonds. The Morgan fingerprint density at radius 3 is 2.53 bits per heavy atom. The van der Waals surface area contributed by atoms with Crippen molar-refractivity contribution in [3.63, 3.8) is 0 Å². The van der Waals surface area contributed by atoms with Crippen molar-refractivity contribution >= 4 is 23.8 Å². The third-order valence-corrected chi connectivity index (χ3v) is 5.46. The number of nitrogens with zero attached hydrogens (tertiary/aromatic N) is 3. The molecule has 32 heavy (non-hydrogen) atoms. The first-order valence-corrected chi connectivity index (χ1v) is 10.2. The summed E-state index contributed by atoms with van der Waals surface area (Å²) in [5.74, 6) is -0.714. The van der Waals surface area contributed by atoms with Crippen LogP contribution in [0.5, 0.6) is 5.75 Å². The van der Waals surface area contributed by atoms with Crippen molar-refractivity contribution < 1.29 is 19.4 Å². The number of rotatable bonds is 5. The number of aryl methyl sites for hydroxylation is 2. The Bertz CT molecular complexity index is 1210.